The Kier molecular flexibility index (Phi) is 8.19. The number of ether oxygens (including phenoxy) is 2. The van der Waals surface area contributed by atoms with Crippen LogP contribution in [0, 0.1) is 0 Å². The maximum absolute atomic E-state index is 8.78. The number of rotatable bonds is 6. The standard InChI is InChI=1S/C20H22N2O2.H3NO2S/c1-22-14-17(12-15-4-8-18(23-2)9-5-15)20(21-22)13-16-6-10-19(24-3)11-7-16;1-4(2)3/h4-11,14H,12-13H2,1-3H3;1H2,(H,2,3)/p-1. The minimum atomic E-state index is -2.36. The van der Waals surface area contributed by atoms with E-state index in [1.165, 1.54) is 16.7 Å². The third kappa shape index (κ3) is 6.80. The number of methoxy groups -OCH3 is 2. The van der Waals surface area contributed by atoms with Crippen molar-refractivity contribution >= 4 is 11.3 Å². The van der Waals surface area contributed by atoms with Crippen molar-refractivity contribution in [2.45, 2.75) is 12.8 Å². The van der Waals surface area contributed by atoms with E-state index in [4.69, 9.17) is 18.2 Å². The van der Waals surface area contributed by atoms with E-state index in [0.717, 1.165) is 30.0 Å². The van der Waals surface area contributed by atoms with Crippen LogP contribution >= 0.6 is 0 Å². The fourth-order valence-corrected chi connectivity index (χ4v) is 2.78. The zero-order chi connectivity index (χ0) is 20.5. The molecular weight excluding hydrogens is 378 g/mol. The quantitative estimate of drug-likeness (QED) is 0.638. The van der Waals surface area contributed by atoms with Gasteiger partial charge in [0, 0.05) is 37.4 Å². The Balaban J connectivity index is 0.000000640. The minimum Gasteiger partial charge on any atom is -0.760 e. The van der Waals surface area contributed by atoms with Crippen LogP contribution in [0.1, 0.15) is 22.4 Å². The van der Waals surface area contributed by atoms with Crippen molar-refractivity contribution in [3.05, 3.63) is 77.1 Å². The van der Waals surface area contributed by atoms with E-state index in [2.05, 4.69) is 40.7 Å². The summed E-state index contributed by atoms with van der Waals surface area (Å²) in [4.78, 5) is 0. The zero-order valence-corrected chi connectivity index (χ0v) is 16.9. The highest BCUT2D eigenvalue weighted by Crippen LogP contribution is 2.20. The van der Waals surface area contributed by atoms with Gasteiger partial charge < -0.3 is 14.0 Å². The van der Waals surface area contributed by atoms with Crippen molar-refractivity contribution in [1.82, 2.24) is 9.78 Å². The summed E-state index contributed by atoms with van der Waals surface area (Å²) in [5.74, 6) is 1.75. The van der Waals surface area contributed by atoms with Gasteiger partial charge in [-0.15, -0.1) is 0 Å². The number of aromatic nitrogens is 2. The Hall–Kier alpha value is -2.68. The summed E-state index contributed by atoms with van der Waals surface area (Å²) in [5, 5.41) is 8.67. The molecule has 0 fully saturated rings. The van der Waals surface area contributed by atoms with Gasteiger partial charge in [0.15, 0.2) is 0 Å². The molecule has 0 aliphatic heterocycles. The van der Waals surface area contributed by atoms with Crippen molar-refractivity contribution in [3.63, 3.8) is 0 Å². The third-order valence-corrected chi connectivity index (χ3v) is 4.08. The molecule has 1 atom stereocenters. The molecule has 0 saturated heterocycles. The Morgan fingerprint density at radius 2 is 1.39 bits per heavy atom. The molecule has 150 valence electrons. The molecule has 0 aliphatic carbocycles. The van der Waals surface area contributed by atoms with Gasteiger partial charge in [0.25, 0.3) is 0 Å². The first-order chi connectivity index (χ1) is 13.4. The lowest BCUT2D eigenvalue weighted by Crippen LogP contribution is -1.97. The molecule has 1 unspecified atom stereocenters. The maximum Gasteiger partial charge on any atom is 0.118 e. The van der Waals surface area contributed by atoms with Crippen molar-refractivity contribution in [3.8, 4) is 11.5 Å². The molecule has 1 aromatic heterocycles. The van der Waals surface area contributed by atoms with E-state index in [-0.39, 0.29) is 0 Å². The molecule has 7 nitrogen and oxygen atoms in total. The van der Waals surface area contributed by atoms with Gasteiger partial charge in [0.1, 0.15) is 11.5 Å². The van der Waals surface area contributed by atoms with Gasteiger partial charge in [0.2, 0.25) is 0 Å². The molecule has 0 aliphatic rings. The van der Waals surface area contributed by atoms with Crippen LogP contribution in [0.3, 0.4) is 0 Å². The lowest BCUT2D eigenvalue weighted by atomic mass is 10.0. The van der Waals surface area contributed by atoms with Gasteiger partial charge in [0.05, 0.1) is 19.9 Å². The van der Waals surface area contributed by atoms with Crippen molar-refractivity contribution < 1.29 is 18.2 Å². The molecule has 8 heteroatoms. The number of hydrogen-bond acceptors (Lipinski definition) is 5. The fourth-order valence-electron chi connectivity index (χ4n) is 2.78. The Morgan fingerprint density at radius 1 is 0.964 bits per heavy atom. The largest absolute Gasteiger partial charge is 0.760 e. The molecule has 28 heavy (non-hydrogen) atoms. The smallest absolute Gasteiger partial charge is 0.118 e. The van der Waals surface area contributed by atoms with Crippen molar-refractivity contribution in [2.24, 2.45) is 12.2 Å². The summed E-state index contributed by atoms with van der Waals surface area (Å²) in [5.41, 5.74) is 4.84. The van der Waals surface area contributed by atoms with Crippen molar-refractivity contribution in [1.29, 1.82) is 0 Å². The third-order valence-electron chi connectivity index (χ3n) is 4.08. The lowest BCUT2D eigenvalue weighted by molar-refractivity contribution is 0.414. The molecule has 0 bridgehead atoms. The van der Waals surface area contributed by atoms with Crippen molar-refractivity contribution in [2.75, 3.05) is 14.2 Å². The summed E-state index contributed by atoms with van der Waals surface area (Å²) < 4.78 is 29.9. The van der Waals surface area contributed by atoms with Gasteiger partial charge in [-0.05, 0) is 41.0 Å². The predicted octanol–water partition coefficient (Wildman–Crippen LogP) is 2.36. The Labute approximate surface area is 167 Å². The van der Waals surface area contributed by atoms with Gasteiger partial charge in [-0.25, -0.2) is 0 Å². The molecule has 2 N–H and O–H groups in total. The predicted molar refractivity (Wildman–Crippen MR) is 108 cm³/mol. The molecule has 2 aromatic carbocycles. The highest BCUT2D eigenvalue weighted by molar-refractivity contribution is 7.76. The molecule has 0 spiro atoms. The van der Waals surface area contributed by atoms with E-state index in [0.29, 0.717) is 0 Å². The topological polar surface area (TPSA) is 102 Å². The first-order valence-electron chi connectivity index (χ1n) is 8.52. The van der Waals surface area contributed by atoms with Crippen LogP contribution in [0.25, 0.3) is 0 Å². The number of nitrogens with two attached hydrogens (primary N) is 1. The number of hydrogen-bond donors (Lipinski definition) is 1. The van der Waals surface area contributed by atoms with Gasteiger partial charge >= 0.3 is 0 Å². The molecular formula is C20H24N3O4S-. The van der Waals surface area contributed by atoms with E-state index in [9.17, 15) is 0 Å². The molecule has 3 aromatic rings. The Morgan fingerprint density at radius 3 is 1.82 bits per heavy atom. The summed E-state index contributed by atoms with van der Waals surface area (Å²) in [6.07, 6.45) is 3.78. The fraction of sp³-hybridized carbons (Fsp3) is 0.250. The molecule has 0 saturated carbocycles. The van der Waals surface area contributed by atoms with Crippen LogP contribution < -0.4 is 14.6 Å². The zero-order valence-electron chi connectivity index (χ0n) is 16.1. The molecule has 1 heterocycles. The SMILES string of the molecule is COc1ccc(Cc2cn(C)nc2Cc2ccc(OC)cc2)cc1.NS(=O)[O-]. The number of aryl methyl sites for hydroxylation is 1. The van der Waals surface area contributed by atoms with Gasteiger partial charge in [-0.3, -0.25) is 14.0 Å². The first-order valence-corrected chi connectivity index (χ1v) is 9.66. The van der Waals surface area contributed by atoms with E-state index in [1.807, 2.05) is 36.0 Å². The summed E-state index contributed by atoms with van der Waals surface area (Å²) in [6, 6.07) is 16.3. The number of nitrogens with zero attached hydrogens (tertiary/aromatic N) is 2. The van der Waals surface area contributed by atoms with Crippen LogP contribution in [0.4, 0.5) is 0 Å². The lowest BCUT2D eigenvalue weighted by Gasteiger charge is -2.06. The average Bonchev–Trinajstić information content (AvgIpc) is 3.01. The normalized spacial score (nSPS) is 11.3. The molecule has 0 amide bonds. The van der Waals surface area contributed by atoms with Crippen LogP contribution in [0.5, 0.6) is 11.5 Å². The average molecular weight is 402 g/mol. The molecule has 0 radical (unpaired) electrons. The second-order valence-corrected chi connectivity index (χ2v) is 6.61. The maximum atomic E-state index is 8.78. The Bertz CT molecular complexity index is 822. The summed E-state index contributed by atoms with van der Waals surface area (Å²) in [7, 11) is 5.33. The highest BCUT2D eigenvalue weighted by Gasteiger charge is 2.10. The van der Waals surface area contributed by atoms with E-state index >= 15 is 0 Å². The minimum absolute atomic E-state index is 0.816. The second kappa shape index (κ2) is 10.6. The first kappa shape index (κ1) is 21.6. The van der Waals surface area contributed by atoms with Crippen LogP contribution in [-0.2, 0) is 31.2 Å². The van der Waals surface area contributed by atoms with Crippen LogP contribution in [0.2, 0.25) is 0 Å². The second-order valence-electron chi connectivity index (χ2n) is 6.08. The highest BCUT2D eigenvalue weighted by atomic mass is 32.2. The van der Waals surface area contributed by atoms with Crippen LogP contribution in [0.15, 0.2) is 54.7 Å². The van der Waals surface area contributed by atoms with Crippen LogP contribution in [-0.4, -0.2) is 32.8 Å². The van der Waals surface area contributed by atoms with Gasteiger partial charge in [-0.1, -0.05) is 24.3 Å². The van der Waals surface area contributed by atoms with E-state index < -0.39 is 11.3 Å². The monoisotopic (exact) mass is 402 g/mol. The number of benzene rings is 2. The van der Waals surface area contributed by atoms with E-state index in [1.54, 1.807) is 14.2 Å². The molecule has 3 rings (SSSR count). The summed E-state index contributed by atoms with van der Waals surface area (Å²) in [6.45, 7) is 0. The van der Waals surface area contributed by atoms with Gasteiger partial charge in [-0.2, -0.15) is 5.10 Å². The summed E-state index contributed by atoms with van der Waals surface area (Å²) >= 11 is -2.36.